The maximum atomic E-state index is 11.7. The highest BCUT2D eigenvalue weighted by atomic mass is 35.5. The fraction of sp³-hybridized carbons (Fsp3) is 0.133. The van der Waals surface area contributed by atoms with Gasteiger partial charge in [-0.15, -0.1) is 0 Å². The summed E-state index contributed by atoms with van der Waals surface area (Å²) in [5.41, 5.74) is 1.52. The molecule has 19 heavy (non-hydrogen) atoms. The highest BCUT2D eigenvalue weighted by molar-refractivity contribution is 6.30. The fourth-order valence-corrected chi connectivity index (χ4v) is 1.78. The monoisotopic (exact) mass is 275 g/mol. The van der Waals surface area contributed by atoms with Gasteiger partial charge in [0, 0.05) is 12.1 Å². The Morgan fingerprint density at radius 1 is 1.16 bits per heavy atom. The fourth-order valence-electron chi connectivity index (χ4n) is 1.66. The molecule has 2 rings (SSSR count). The van der Waals surface area contributed by atoms with E-state index in [0.29, 0.717) is 22.9 Å². The third-order valence-corrected chi connectivity index (χ3v) is 2.92. The molecule has 1 N–H and O–H groups in total. The molecule has 0 saturated carbocycles. The lowest BCUT2D eigenvalue weighted by Gasteiger charge is -2.10. The van der Waals surface area contributed by atoms with Crippen LogP contribution in [0.25, 0.3) is 0 Å². The number of para-hydroxylation sites is 1. The first kappa shape index (κ1) is 13.4. The van der Waals surface area contributed by atoms with Gasteiger partial charge in [-0.1, -0.05) is 35.9 Å². The van der Waals surface area contributed by atoms with Gasteiger partial charge < -0.3 is 10.1 Å². The zero-order valence-corrected chi connectivity index (χ0v) is 11.3. The van der Waals surface area contributed by atoms with Crippen LogP contribution in [0.5, 0.6) is 5.75 Å². The zero-order valence-electron chi connectivity index (χ0n) is 10.5. The summed E-state index contributed by atoms with van der Waals surface area (Å²) in [7, 11) is 1.60. The summed E-state index contributed by atoms with van der Waals surface area (Å²) in [4.78, 5) is 11.7. The number of hydrogen-bond donors (Lipinski definition) is 1. The van der Waals surface area contributed by atoms with E-state index in [1.165, 1.54) is 0 Å². The van der Waals surface area contributed by atoms with Crippen LogP contribution >= 0.6 is 11.6 Å². The molecular formula is C15H14ClNO2. The summed E-state index contributed by atoms with van der Waals surface area (Å²) in [6.45, 7) is 0.394. The van der Waals surface area contributed by atoms with Crippen LogP contribution in [0.4, 0.5) is 0 Å². The van der Waals surface area contributed by atoms with Gasteiger partial charge in [-0.2, -0.15) is 0 Å². The van der Waals surface area contributed by atoms with Crippen molar-refractivity contribution in [2.75, 3.05) is 7.05 Å². The van der Waals surface area contributed by atoms with Crippen LogP contribution in [0.1, 0.15) is 15.9 Å². The lowest BCUT2D eigenvalue weighted by Crippen LogP contribution is -2.18. The molecule has 1 amide bonds. The first-order chi connectivity index (χ1) is 9.20. The summed E-state index contributed by atoms with van der Waals surface area (Å²) >= 11 is 5.82. The third-order valence-electron chi connectivity index (χ3n) is 2.67. The summed E-state index contributed by atoms with van der Waals surface area (Å²) in [5, 5.41) is 3.28. The first-order valence-corrected chi connectivity index (χ1v) is 6.27. The maximum absolute atomic E-state index is 11.7. The van der Waals surface area contributed by atoms with Crippen molar-refractivity contribution < 1.29 is 9.53 Å². The molecule has 0 bridgehead atoms. The average molecular weight is 276 g/mol. The highest BCUT2D eigenvalue weighted by Gasteiger charge is 2.10. The molecule has 0 atom stereocenters. The Labute approximate surface area is 117 Å². The maximum Gasteiger partial charge on any atom is 0.254 e. The van der Waals surface area contributed by atoms with Gasteiger partial charge in [-0.05, 0) is 29.8 Å². The number of carbonyl (C=O) groups excluding carboxylic acids is 1. The summed E-state index contributed by atoms with van der Waals surface area (Å²) in [6.07, 6.45) is 0. The Bertz CT molecular complexity index is 567. The predicted molar refractivity (Wildman–Crippen MR) is 75.6 cm³/mol. The van der Waals surface area contributed by atoms with Crippen molar-refractivity contribution in [1.29, 1.82) is 0 Å². The van der Waals surface area contributed by atoms with Crippen molar-refractivity contribution in [2.24, 2.45) is 0 Å². The second-order valence-corrected chi connectivity index (χ2v) is 4.43. The van der Waals surface area contributed by atoms with Gasteiger partial charge in [0.15, 0.2) is 0 Å². The zero-order chi connectivity index (χ0) is 13.7. The van der Waals surface area contributed by atoms with E-state index in [4.69, 9.17) is 16.3 Å². The Morgan fingerprint density at radius 3 is 2.53 bits per heavy atom. The Kier molecular flexibility index (Phi) is 4.42. The summed E-state index contributed by atoms with van der Waals surface area (Å²) in [5.74, 6) is 0.406. The van der Waals surface area contributed by atoms with Gasteiger partial charge in [-0.3, -0.25) is 4.79 Å². The lowest BCUT2D eigenvalue weighted by molar-refractivity contribution is 0.0958. The number of rotatable bonds is 4. The number of nitrogens with one attached hydrogen (secondary N) is 1. The van der Waals surface area contributed by atoms with Gasteiger partial charge in [0.1, 0.15) is 12.4 Å². The normalized spacial score (nSPS) is 10.0. The Hall–Kier alpha value is -2.00. The highest BCUT2D eigenvalue weighted by Crippen LogP contribution is 2.19. The SMILES string of the molecule is CNC(=O)c1ccccc1OCc1ccc(Cl)cc1. The molecule has 0 spiro atoms. The van der Waals surface area contributed by atoms with Gasteiger partial charge in [0.2, 0.25) is 0 Å². The molecule has 0 aliphatic rings. The van der Waals surface area contributed by atoms with Crippen molar-refractivity contribution in [2.45, 2.75) is 6.61 Å². The van der Waals surface area contributed by atoms with E-state index >= 15 is 0 Å². The minimum Gasteiger partial charge on any atom is -0.488 e. The van der Waals surface area contributed by atoms with Crippen LogP contribution in [0.2, 0.25) is 5.02 Å². The van der Waals surface area contributed by atoms with E-state index in [1.807, 2.05) is 30.3 Å². The largest absolute Gasteiger partial charge is 0.488 e. The van der Waals surface area contributed by atoms with Crippen LogP contribution in [0.3, 0.4) is 0 Å². The Balaban J connectivity index is 2.11. The number of benzene rings is 2. The van der Waals surface area contributed by atoms with E-state index in [-0.39, 0.29) is 5.91 Å². The Morgan fingerprint density at radius 2 is 1.84 bits per heavy atom. The molecule has 98 valence electrons. The number of hydrogen-bond acceptors (Lipinski definition) is 2. The van der Waals surface area contributed by atoms with Crippen LogP contribution in [0, 0.1) is 0 Å². The smallest absolute Gasteiger partial charge is 0.254 e. The molecule has 0 aliphatic heterocycles. The second kappa shape index (κ2) is 6.25. The van der Waals surface area contributed by atoms with Crippen molar-refractivity contribution in [3.63, 3.8) is 0 Å². The third kappa shape index (κ3) is 3.48. The van der Waals surface area contributed by atoms with E-state index in [1.54, 1.807) is 25.2 Å². The van der Waals surface area contributed by atoms with Gasteiger partial charge in [0.05, 0.1) is 5.56 Å². The number of halogens is 1. The topological polar surface area (TPSA) is 38.3 Å². The van der Waals surface area contributed by atoms with Crippen LogP contribution < -0.4 is 10.1 Å². The average Bonchev–Trinajstić information content (AvgIpc) is 2.46. The molecule has 2 aromatic carbocycles. The van der Waals surface area contributed by atoms with Crippen molar-refractivity contribution in [3.8, 4) is 5.75 Å². The molecule has 0 aliphatic carbocycles. The molecule has 0 saturated heterocycles. The molecule has 0 radical (unpaired) electrons. The van der Waals surface area contributed by atoms with Crippen LogP contribution in [-0.4, -0.2) is 13.0 Å². The van der Waals surface area contributed by atoms with Crippen molar-refractivity contribution in [3.05, 3.63) is 64.7 Å². The van der Waals surface area contributed by atoms with E-state index in [2.05, 4.69) is 5.32 Å². The molecule has 2 aromatic rings. The van der Waals surface area contributed by atoms with Gasteiger partial charge in [0.25, 0.3) is 5.91 Å². The lowest BCUT2D eigenvalue weighted by atomic mass is 10.2. The first-order valence-electron chi connectivity index (χ1n) is 5.89. The van der Waals surface area contributed by atoms with E-state index in [9.17, 15) is 4.79 Å². The van der Waals surface area contributed by atoms with Crippen molar-refractivity contribution in [1.82, 2.24) is 5.32 Å². The van der Waals surface area contributed by atoms with Crippen LogP contribution in [-0.2, 0) is 6.61 Å². The molecule has 4 heteroatoms. The number of amides is 1. The standard InChI is InChI=1S/C15H14ClNO2/c1-17-15(18)13-4-2-3-5-14(13)19-10-11-6-8-12(16)9-7-11/h2-9H,10H2,1H3,(H,17,18). The quantitative estimate of drug-likeness (QED) is 0.930. The van der Waals surface area contributed by atoms with E-state index < -0.39 is 0 Å². The number of carbonyl (C=O) groups is 1. The minimum absolute atomic E-state index is 0.160. The molecular weight excluding hydrogens is 262 g/mol. The predicted octanol–water partition coefficient (Wildman–Crippen LogP) is 3.28. The minimum atomic E-state index is -0.160. The number of ether oxygens (including phenoxy) is 1. The van der Waals surface area contributed by atoms with Gasteiger partial charge >= 0.3 is 0 Å². The van der Waals surface area contributed by atoms with E-state index in [0.717, 1.165) is 5.56 Å². The molecule has 0 heterocycles. The van der Waals surface area contributed by atoms with Gasteiger partial charge in [-0.25, -0.2) is 0 Å². The molecule has 0 unspecified atom stereocenters. The summed E-state index contributed by atoms with van der Waals surface area (Å²) < 4.78 is 5.68. The summed E-state index contributed by atoms with van der Waals surface area (Å²) in [6, 6.07) is 14.6. The van der Waals surface area contributed by atoms with Crippen molar-refractivity contribution >= 4 is 17.5 Å². The second-order valence-electron chi connectivity index (χ2n) is 3.99. The molecule has 3 nitrogen and oxygen atoms in total. The molecule has 0 fully saturated rings. The van der Waals surface area contributed by atoms with Crippen LogP contribution in [0.15, 0.2) is 48.5 Å². The molecule has 0 aromatic heterocycles.